The third kappa shape index (κ3) is 5.92. The number of nitrogens with one attached hydrogen (secondary N) is 2. The topological polar surface area (TPSA) is 122 Å². The van der Waals surface area contributed by atoms with Crippen molar-refractivity contribution in [2.24, 2.45) is 0 Å². The minimum Gasteiger partial charge on any atom is -0.476 e. The molecule has 11 heteroatoms. The molecule has 0 spiro atoms. The van der Waals surface area contributed by atoms with Crippen molar-refractivity contribution in [2.45, 2.75) is 17.4 Å². The van der Waals surface area contributed by atoms with Crippen LogP contribution in [0.15, 0.2) is 83.8 Å². The minimum absolute atomic E-state index is 0.0449. The van der Waals surface area contributed by atoms with E-state index in [0.717, 1.165) is 16.1 Å². The lowest BCUT2D eigenvalue weighted by Crippen LogP contribution is -2.51. The van der Waals surface area contributed by atoms with E-state index < -0.39 is 32.1 Å². The first-order chi connectivity index (χ1) is 16.6. The van der Waals surface area contributed by atoms with E-state index in [-0.39, 0.29) is 22.9 Å². The molecule has 0 saturated carbocycles. The minimum atomic E-state index is -4.07. The summed E-state index contributed by atoms with van der Waals surface area (Å²) in [5.41, 5.74) is 1.63. The molecule has 1 amide bonds. The fourth-order valence-electron chi connectivity index (χ4n) is 3.69. The second-order valence-electron chi connectivity index (χ2n) is 8.04. The summed E-state index contributed by atoms with van der Waals surface area (Å²) in [6.45, 7) is 0.172. The van der Waals surface area contributed by atoms with Gasteiger partial charge < -0.3 is 10.1 Å². The maximum Gasteiger partial charge on any atom is 0.264 e. The summed E-state index contributed by atoms with van der Waals surface area (Å²) in [4.78, 5) is 12.8. The molecule has 1 heterocycles. The van der Waals surface area contributed by atoms with Crippen LogP contribution in [-0.2, 0) is 31.3 Å². The number of rotatable bonds is 8. The highest BCUT2D eigenvalue weighted by Crippen LogP contribution is 2.37. The standard InChI is InChI=1S/C24H25N3O6S2/c1-34(29,30)26-19-11-13-20(14-12-19)35(31,32)27-17-23(33-22-10-6-5-9-21(22)27)24(28)25-16-15-18-7-3-2-4-8-18/h2-14,23,26H,15-17H2,1H3,(H,25,28)/t23-/m1/s1. The maximum atomic E-state index is 13.5. The smallest absolute Gasteiger partial charge is 0.264 e. The van der Waals surface area contributed by atoms with Crippen LogP contribution in [-0.4, -0.2) is 48.2 Å². The van der Waals surface area contributed by atoms with E-state index >= 15 is 0 Å². The Balaban J connectivity index is 1.53. The van der Waals surface area contributed by atoms with Crippen molar-refractivity contribution in [1.29, 1.82) is 0 Å². The second kappa shape index (κ2) is 9.96. The highest BCUT2D eigenvalue weighted by Gasteiger charge is 2.37. The van der Waals surface area contributed by atoms with Crippen LogP contribution in [0.2, 0.25) is 0 Å². The van der Waals surface area contributed by atoms with Gasteiger partial charge in [0, 0.05) is 12.2 Å². The second-order valence-corrected chi connectivity index (χ2v) is 11.6. The average molecular weight is 516 g/mol. The predicted octanol–water partition coefficient (Wildman–Crippen LogP) is 2.37. The number of carbonyl (C=O) groups is 1. The zero-order valence-corrected chi connectivity index (χ0v) is 20.6. The SMILES string of the molecule is CS(=O)(=O)Nc1ccc(S(=O)(=O)N2C[C@H](C(=O)NCCc3ccccc3)Oc3ccccc32)cc1. The number of carbonyl (C=O) groups excluding carboxylic acids is 1. The van der Waals surface area contributed by atoms with Crippen molar-refractivity contribution in [3.05, 3.63) is 84.4 Å². The van der Waals surface area contributed by atoms with E-state index in [1.807, 2.05) is 30.3 Å². The van der Waals surface area contributed by atoms with Gasteiger partial charge in [-0.1, -0.05) is 42.5 Å². The number of sulfonamides is 2. The Bertz CT molecular complexity index is 1410. The molecule has 0 fully saturated rings. The number of para-hydroxylation sites is 2. The van der Waals surface area contributed by atoms with Crippen LogP contribution in [0.3, 0.4) is 0 Å². The molecule has 0 unspecified atom stereocenters. The van der Waals surface area contributed by atoms with Gasteiger partial charge in [-0.15, -0.1) is 0 Å². The highest BCUT2D eigenvalue weighted by atomic mass is 32.2. The summed E-state index contributed by atoms with van der Waals surface area (Å²) in [6.07, 6.45) is 0.598. The number of nitrogens with zero attached hydrogens (tertiary/aromatic N) is 1. The Morgan fingerprint density at radius 2 is 1.60 bits per heavy atom. The lowest BCUT2D eigenvalue weighted by Gasteiger charge is -2.34. The summed E-state index contributed by atoms with van der Waals surface area (Å²) in [7, 11) is -7.57. The van der Waals surface area contributed by atoms with E-state index in [9.17, 15) is 21.6 Å². The Kier molecular flexibility index (Phi) is 6.99. The summed E-state index contributed by atoms with van der Waals surface area (Å²) < 4.78 is 59.2. The lowest BCUT2D eigenvalue weighted by atomic mass is 10.1. The molecule has 4 rings (SSSR count). The fraction of sp³-hybridized carbons (Fsp3) is 0.208. The van der Waals surface area contributed by atoms with Crippen LogP contribution < -0.4 is 19.1 Å². The molecule has 1 aliphatic heterocycles. The third-order valence-electron chi connectivity index (χ3n) is 5.33. The van der Waals surface area contributed by atoms with E-state index in [4.69, 9.17) is 4.74 Å². The third-order valence-corrected chi connectivity index (χ3v) is 7.73. The molecule has 1 atom stereocenters. The van der Waals surface area contributed by atoms with Crippen LogP contribution in [0, 0.1) is 0 Å². The van der Waals surface area contributed by atoms with Gasteiger partial charge in [-0.05, 0) is 48.4 Å². The molecule has 2 N–H and O–H groups in total. The molecule has 3 aromatic rings. The normalized spacial score (nSPS) is 15.6. The quantitative estimate of drug-likeness (QED) is 0.475. The van der Waals surface area contributed by atoms with Crippen LogP contribution in [0.1, 0.15) is 5.56 Å². The van der Waals surface area contributed by atoms with Crippen molar-refractivity contribution in [3.63, 3.8) is 0 Å². The predicted molar refractivity (Wildman–Crippen MR) is 133 cm³/mol. The highest BCUT2D eigenvalue weighted by molar-refractivity contribution is 7.93. The molecule has 0 aromatic heterocycles. The first-order valence-electron chi connectivity index (χ1n) is 10.8. The van der Waals surface area contributed by atoms with Gasteiger partial charge in [0.2, 0.25) is 10.0 Å². The number of hydrogen-bond donors (Lipinski definition) is 2. The van der Waals surface area contributed by atoms with Gasteiger partial charge in [0.15, 0.2) is 6.10 Å². The number of hydrogen-bond acceptors (Lipinski definition) is 6. The van der Waals surface area contributed by atoms with Crippen molar-refractivity contribution >= 4 is 37.3 Å². The van der Waals surface area contributed by atoms with Gasteiger partial charge in [0.25, 0.3) is 15.9 Å². The molecule has 0 aliphatic carbocycles. The molecule has 0 saturated heterocycles. The summed E-state index contributed by atoms with van der Waals surface area (Å²) in [5.74, 6) is -0.135. The van der Waals surface area contributed by atoms with E-state index in [2.05, 4.69) is 10.0 Å². The van der Waals surface area contributed by atoms with Crippen molar-refractivity contribution in [1.82, 2.24) is 5.32 Å². The molecule has 3 aromatic carbocycles. The molecule has 35 heavy (non-hydrogen) atoms. The maximum absolute atomic E-state index is 13.5. The number of fused-ring (bicyclic) bond motifs is 1. The van der Waals surface area contributed by atoms with Gasteiger partial charge in [0.1, 0.15) is 5.75 Å². The van der Waals surface area contributed by atoms with Crippen molar-refractivity contribution in [2.75, 3.05) is 28.4 Å². The van der Waals surface area contributed by atoms with Gasteiger partial charge >= 0.3 is 0 Å². The monoisotopic (exact) mass is 515 g/mol. The average Bonchev–Trinajstić information content (AvgIpc) is 2.83. The first-order valence-corrected chi connectivity index (χ1v) is 14.1. The van der Waals surface area contributed by atoms with Crippen molar-refractivity contribution < 1.29 is 26.4 Å². The molecule has 1 aliphatic rings. The Hall–Kier alpha value is -3.57. The van der Waals surface area contributed by atoms with Crippen molar-refractivity contribution in [3.8, 4) is 5.75 Å². The molecule has 0 bridgehead atoms. The van der Waals surface area contributed by atoms with Gasteiger partial charge in [0.05, 0.1) is 23.4 Å². The molecular formula is C24H25N3O6S2. The van der Waals surface area contributed by atoms with Crippen LogP contribution in [0.25, 0.3) is 0 Å². The summed E-state index contributed by atoms with van der Waals surface area (Å²) >= 11 is 0. The number of ether oxygens (including phenoxy) is 1. The number of benzene rings is 3. The largest absolute Gasteiger partial charge is 0.476 e. The first kappa shape index (κ1) is 24.6. The summed E-state index contributed by atoms with van der Waals surface area (Å²) in [5, 5.41) is 2.82. The molecule has 9 nitrogen and oxygen atoms in total. The van der Waals surface area contributed by atoms with Gasteiger partial charge in [-0.3, -0.25) is 13.8 Å². The fourth-order valence-corrected chi connectivity index (χ4v) is 5.73. The van der Waals surface area contributed by atoms with E-state index in [1.165, 1.54) is 24.3 Å². The van der Waals surface area contributed by atoms with E-state index in [1.54, 1.807) is 24.3 Å². The Labute approximate surface area is 204 Å². The molecular weight excluding hydrogens is 490 g/mol. The van der Waals surface area contributed by atoms with Crippen LogP contribution in [0.5, 0.6) is 5.75 Å². The van der Waals surface area contributed by atoms with Gasteiger partial charge in [-0.2, -0.15) is 0 Å². The molecule has 184 valence electrons. The Morgan fingerprint density at radius 1 is 0.943 bits per heavy atom. The molecule has 0 radical (unpaired) electrons. The Morgan fingerprint density at radius 3 is 2.29 bits per heavy atom. The van der Waals surface area contributed by atoms with Gasteiger partial charge in [-0.25, -0.2) is 16.8 Å². The zero-order chi connectivity index (χ0) is 25.1. The summed E-state index contributed by atoms with van der Waals surface area (Å²) in [6, 6.07) is 21.7. The van der Waals surface area contributed by atoms with E-state index in [0.29, 0.717) is 18.7 Å². The number of amides is 1. The number of anilines is 2. The van der Waals surface area contributed by atoms with Crippen LogP contribution >= 0.6 is 0 Å². The lowest BCUT2D eigenvalue weighted by molar-refractivity contribution is -0.127. The van der Waals surface area contributed by atoms with Crippen LogP contribution in [0.4, 0.5) is 11.4 Å². The zero-order valence-electron chi connectivity index (χ0n) is 18.9.